The number of nitrogens with zero attached hydrogens (tertiary/aromatic N) is 1. The van der Waals surface area contributed by atoms with Gasteiger partial charge in [-0.3, -0.25) is 4.79 Å². The highest BCUT2D eigenvalue weighted by atomic mass is 16.8. The van der Waals surface area contributed by atoms with Crippen LogP contribution in [0.4, 0.5) is 0 Å². The van der Waals surface area contributed by atoms with Gasteiger partial charge in [0.15, 0.2) is 17.7 Å². The third-order valence-corrected chi connectivity index (χ3v) is 3.94. The fourth-order valence-electron chi connectivity index (χ4n) is 2.86. The van der Waals surface area contributed by atoms with E-state index in [1.54, 1.807) is 26.8 Å². The lowest BCUT2D eigenvalue weighted by atomic mass is 10.1. The van der Waals surface area contributed by atoms with Crippen LogP contribution in [0.3, 0.4) is 0 Å². The van der Waals surface area contributed by atoms with Gasteiger partial charge in [-0.05, 0) is 32.4 Å². The summed E-state index contributed by atoms with van der Waals surface area (Å²) in [6.45, 7) is 4.94. The minimum atomic E-state index is -0.820. The Labute approximate surface area is 133 Å². The number of aryl methyl sites for hydroxylation is 1. The number of aromatic hydroxyl groups is 1. The van der Waals surface area contributed by atoms with Crippen molar-refractivity contribution in [3.8, 4) is 5.75 Å². The number of fused-ring (bicyclic) bond motifs is 1. The molecular weight excluding hydrogens is 304 g/mol. The summed E-state index contributed by atoms with van der Waals surface area (Å²) in [6.07, 6.45) is -0.964. The van der Waals surface area contributed by atoms with Gasteiger partial charge >= 0.3 is 0 Å². The van der Waals surface area contributed by atoms with Crippen LogP contribution in [0.25, 0.3) is 0 Å². The number of nitrogens with one attached hydrogen (secondary N) is 1. The number of rotatable bonds is 3. The zero-order valence-electron chi connectivity index (χ0n) is 13.1. The van der Waals surface area contributed by atoms with Gasteiger partial charge in [0, 0.05) is 6.20 Å². The van der Waals surface area contributed by atoms with Crippen LogP contribution in [0.1, 0.15) is 29.9 Å². The summed E-state index contributed by atoms with van der Waals surface area (Å²) in [5, 5.41) is 22.0. The molecule has 2 aliphatic rings. The molecule has 8 heteroatoms. The van der Waals surface area contributed by atoms with E-state index in [1.807, 2.05) is 0 Å². The number of aliphatic hydroxyl groups is 1. The number of pyridine rings is 1. The van der Waals surface area contributed by atoms with Gasteiger partial charge in [-0.2, -0.15) is 0 Å². The minimum absolute atomic E-state index is 0.0872. The SMILES string of the molecule is Cc1ccnc(C(=O)NC2O[C@H](CO)[C@H]3OC(C)(C)O[C@@H]23)c1O. The first kappa shape index (κ1) is 16.1. The number of carbonyl (C=O) groups excluding carboxylic acids is 1. The van der Waals surface area contributed by atoms with Gasteiger partial charge in [0.25, 0.3) is 5.91 Å². The van der Waals surface area contributed by atoms with Crippen LogP contribution < -0.4 is 5.32 Å². The van der Waals surface area contributed by atoms with Crippen LogP contribution in [-0.4, -0.2) is 58.0 Å². The fourth-order valence-corrected chi connectivity index (χ4v) is 2.86. The molecule has 126 valence electrons. The summed E-state index contributed by atoms with van der Waals surface area (Å²) >= 11 is 0. The quantitative estimate of drug-likeness (QED) is 0.721. The van der Waals surface area contributed by atoms with Crippen molar-refractivity contribution in [1.29, 1.82) is 0 Å². The molecule has 0 radical (unpaired) electrons. The van der Waals surface area contributed by atoms with Gasteiger partial charge in [0.2, 0.25) is 0 Å². The van der Waals surface area contributed by atoms with Crippen LogP contribution in [0.5, 0.6) is 5.75 Å². The molecule has 2 saturated heterocycles. The Morgan fingerprint density at radius 2 is 2.09 bits per heavy atom. The average Bonchev–Trinajstić information content (AvgIpc) is 2.96. The fraction of sp³-hybridized carbons (Fsp3) is 0.600. The zero-order valence-corrected chi connectivity index (χ0v) is 13.1. The highest BCUT2D eigenvalue weighted by molar-refractivity contribution is 5.95. The number of hydrogen-bond donors (Lipinski definition) is 3. The second-order valence-electron chi connectivity index (χ2n) is 6.14. The first-order chi connectivity index (χ1) is 10.8. The average molecular weight is 324 g/mol. The third kappa shape index (κ3) is 2.90. The van der Waals surface area contributed by atoms with Crippen molar-refractivity contribution in [3.63, 3.8) is 0 Å². The predicted octanol–water partition coefficient (Wildman–Crippen LogP) is 0.0627. The summed E-state index contributed by atoms with van der Waals surface area (Å²) < 4.78 is 17.1. The van der Waals surface area contributed by atoms with Crippen LogP contribution in [0, 0.1) is 6.92 Å². The van der Waals surface area contributed by atoms with E-state index in [-0.39, 0.29) is 18.1 Å². The Bertz CT molecular complexity index is 620. The topological polar surface area (TPSA) is 110 Å². The Hall–Kier alpha value is -1.74. The molecular formula is C15H20N2O6. The zero-order chi connectivity index (χ0) is 16.8. The van der Waals surface area contributed by atoms with E-state index in [4.69, 9.17) is 14.2 Å². The Balaban J connectivity index is 1.77. The number of aromatic nitrogens is 1. The van der Waals surface area contributed by atoms with Crippen LogP contribution in [-0.2, 0) is 14.2 Å². The molecule has 4 atom stereocenters. The summed E-state index contributed by atoms with van der Waals surface area (Å²) in [5.41, 5.74) is 0.459. The molecule has 0 aromatic carbocycles. The van der Waals surface area contributed by atoms with Gasteiger partial charge < -0.3 is 29.7 Å². The number of ether oxygens (including phenoxy) is 3. The van der Waals surface area contributed by atoms with E-state index in [1.165, 1.54) is 6.20 Å². The lowest BCUT2D eigenvalue weighted by molar-refractivity contribution is -0.192. The minimum Gasteiger partial charge on any atom is -0.505 e. The molecule has 2 fully saturated rings. The largest absolute Gasteiger partial charge is 0.505 e. The van der Waals surface area contributed by atoms with Crippen molar-refractivity contribution in [3.05, 3.63) is 23.5 Å². The van der Waals surface area contributed by atoms with Crippen LogP contribution >= 0.6 is 0 Å². The molecule has 1 unspecified atom stereocenters. The van der Waals surface area contributed by atoms with Crippen molar-refractivity contribution in [2.45, 2.75) is 51.1 Å². The molecule has 0 spiro atoms. The van der Waals surface area contributed by atoms with Gasteiger partial charge in [-0.1, -0.05) is 0 Å². The van der Waals surface area contributed by atoms with Crippen molar-refractivity contribution < 1.29 is 29.2 Å². The lowest BCUT2D eigenvalue weighted by Crippen LogP contribution is -2.44. The summed E-state index contributed by atoms with van der Waals surface area (Å²) in [6, 6.07) is 1.60. The first-order valence-corrected chi connectivity index (χ1v) is 7.40. The van der Waals surface area contributed by atoms with E-state index >= 15 is 0 Å². The molecule has 1 aromatic heterocycles. The van der Waals surface area contributed by atoms with Crippen molar-refractivity contribution in [2.75, 3.05) is 6.61 Å². The van der Waals surface area contributed by atoms with Crippen molar-refractivity contribution in [2.24, 2.45) is 0 Å². The second-order valence-corrected chi connectivity index (χ2v) is 6.14. The van der Waals surface area contributed by atoms with E-state index < -0.39 is 36.2 Å². The van der Waals surface area contributed by atoms with Crippen molar-refractivity contribution >= 4 is 5.91 Å². The normalized spacial score (nSPS) is 31.8. The van der Waals surface area contributed by atoms with Gasteiger partial charge in [-0.25, -0.2) is 4.98 Å². The second kappa shape index (κ2) is 5.72. The molecule has 0 aliphatic carbocycles. The van der Waals surface area contributed by atoms with Gasteiger partial charge in [0.05, 0.1) is 6.61 Å². The molecule has 3 rings (SSSR count). The van der Waals surface area contributed by atoms with Gasteiger partial charge in [0.1, 0.15) is 24.1 Å². The molecule has 3 N–H and O–H groups in total. The Morgan fingerprint density at radius 1 is 1.39 bits per heavy atom. The number of carbonyl (C=O) groups is 1. The molecule has 0 bridgehead atoms. The maximum absolute atomic E-state index is 12.3. The van der Waals surface area contributed by atoms with Gasteiger partial charge in [-0.15, -0.1) is 0 Å². The maximum atomic E-state index is 12.3. The molecule has 3 heterocycles. The third-order valence-electron chi connectivity index (χ3n) is 3.94. The van der Waals surface area contributed by atoms with Crippen LogP contribution in [0.2, 0.25) is 0 Å². The summed E-state index contributed by atoms with van der Waals surface area (Å²) in [4.78, 5) is 16.2. The van der Waals surface area contributed by atoms with Crippen molar-refractivity contribution in [1.82, 2.24) is 10.3 Å². The summed E-state index contributed by atoms with van der Waals surface area (Å²) in [5.74, 6) is -1.58. The van der Waals surface area contributed by atoms with E-state index in [9.17, 15) is 15.0 Å². The standard InChI is InChI=1S/C15H20N2O6/c1-7-4-5-16-9(10(7)19)13(20)17-14-12-11(8(6-18)21-14)22-15(2,3)23-12/h4-5,8,11-12,14,18-19H,6H2,1-3H3,(H,17,20)/t8-,11-,12-,14?/m1/s1. The monoisotopic (exact) mass is 324 g/mol. The predicted molar refractivity (Wildman–Crippen MR) is 77.7 cm³/mol. The Kier molecular flexibility index (Phi) is 4.01. The molecule has 1 amide bonds. The lowest BCUT2D eigenvalue weighted by Gasteiger charge is -2.24. The Morgan fingerprint density at radius 3 is 2.78 bits per heavy atom. The molecule has 1 aromatic rings. The number of amides is 1. The van der Waals surface area contributed by atoms with E-state index in [0.29, 0.717) is 5.56 Å². The smallest absolute Gasteiger partial charge is 0.275 e. The molecule has 8 nitrogen and oxygen atoms in total. The number of aliphatic hydroxyl groups excluding tert-OH is 1. The van der Waals surface area contributed by atoms with E-state index in [0.717, 1.165) is 0 Å². The highest BCUT2D eigenvalue weighted by Gasteiger charge is 2.55. The van der Waals surface area contributed by atoms with E-state index in [2.05, 4.69) is 10.3 Å². The molecule has 23 heavy (non-hydrogen) atoms. The van der Waals surface area contributed by atoms with Crippen LogP contribution in [0.15, 0.2) is 12.3 Å². The first-order valence-electron chi connectivity index (χ1n) is 7.40. The summed E-state index contributed by atoms with van der Waals surface area (Å²) in [7, 11) is 0. The number of hydrogen-bond acceptors (Lipinski definition) is 7. The highest BCUT2D eigenvalue weighted by Crippen LogP contribution is 2.37. The molecule has 2 aliphatic heterocycles. The maximum Gasteiger partial charge on any atom is 0.275 e. The molecule has 0 saturated carbocycles.